The van der Waals surface area contributed by atoms with Crippen LogP contribution in [-0.4, -0.2) is 11.6 Å². The predicted octanol–water partition coefficient (Wildman–Crippen LogP) is 1.88. The van der Waals surface area contributed by atoms with Crippen molar-refractivity contribution in [3.63, 3.8) is 0 Å². The molecule has 1 aliphatic rings. The van der Waals surface area contributed by atoms with Crippen LogP contribution in [0, 0.1) is 6.92 Å². The van der Waals surface area contributed by atoms with Gasteiger partial charge in [-0.15, -0.1) is 0 Å². The molecule has 0 fully saturated rings. The summed E-state index contributed by atoms with van der Waals surface area (Å²) in [6.07, 6.45) is 2.77. The highest BCUT2D eigenvalue weighted by molar-refractivity contribution is 5.42. The molecule has 19 heavy (non-hydrogen) atoms. The van der Waals surface area contributed by atoms with Crippen LogP contribution in [0.1, 0.15) is 28.4 Å². The average Bonchev–Trinajstić information content (AvgIpc) is 2.87. The second kappa shape index (κ2) is 4.99. The first-order valence-electron chi connectivity index (χ1n) is 6.42. The first kappa shape index (κ1) is 12.1. The van der Waals surface area contributed by atoms with Gasteiger partial charge in [0.1, 0.15) is 5.75 Å². The third kappa shape index (κ3) is 2.32. The molecule has 4 nitrogen and oxygen atoms in total. The lowest BCUT2D eigenvalue weighted by atomic mass is 9.99. The summed E-state index contributed by atoms with van der Waals surface area (Å²) in [5.74, 6) is 6.69. The number of ether oxygens (including phenoxy) is 1. The van der Waals surface area contributed by atoms with Crippen LogP contribution in [0.25, 0.3) is 0 Å². The highest BCUT2D eigenvalue weighted by Crippen LogP contribution is 2.29. The molecular formula is C15H17N3O. The van der Waals surface area contributed by atoms with Gasteiger partial charge in [0.15, 0.2) is 0 Å². The van der Waals surface area contributed by atoms with E-state index in [-0.39, 0.29) is 6.04 Å². The van der Waals surface area contributed by atoms with Crippen LogP contribution in [0.5, 0.6) is 5.75 Å². The Morgan fingerprint density at radius 3 is 3.00 bits per heavy atom. The lowest BCUT2D eigenvalue weighted by Crippen LogP contribution is -2.29. The van der Waals surface area contributed by atoms with Crippen LogP contribution in [-0.2, 0) is 6.42 Å². The predicted molar refractivity (Wildman–Crippen MR) is 73.8 cm³/mol. The van der Waals surface area contributed by atoms with E-state index in [0.717, 1.165) is 30.0 Å². The zero-order valence-electron chi connectivity index (χ0n) is 10.9. The van der Waals surface area contributed by atoms with Crippen molar-refractivity contribution in [2.45, 2.75) is 19.4 Å². The Kier molecular flexibility index (Phi) is 3.19. The van der Waals surface area contributed by atoms with E-state index >= 15 is 0 Å². The minimum atomic E-state index is -0.0919. The Morgan fingerprint density at radius 2 is 2.21 bits per heavy atom. The van der Waals surface area contributed by atoms with Gasteiger partial charge in [-0.05, 0) is 47.9 Å². The molecule has 0 bridgehead atoms. The fraction of sp³-hybridized carbons (Fsp3) is 0.267. The smallest absolute Gasteiger partial charge is 0.122 e. The maximum absolute atomic E-state index is 5.71. The highest BCUT2D eigenvalue weighted by Gasteiger charge is 2.18. The number of nitrogens with zero attached hydrogens (tertiary/aromatic N) is 1. The van der Waals surface area contributed by atoms with Crippen molar-refractivity contribution in [3.05, 3.63) is 58.9 Å². The van der Waals surface area contributed by atoms with Crippen molar-refractivity contribution in [1.82, 2.24) is 10.4 Å². The van der Waals surface area contributed by atoms with Crippen molar-refractivity contribution in [1.29, 1.82) is 0 Å². The molecule has 0 radical (unpaired) electrons. The maximum Gasteiger partial charge on any atom is 0.122 e. The standard InChI is InChI=1S/C15H17N3O/c1-10-4-6-17-13(8-10)15(18-16)12-2-3-14-11(9-12)5-7-19-14/h2-4,6,8-9,15,18H,5,7,16H2,1H3. The number of hydrazine groups is 1. The summed E-state index contributed by atoms with van der Waals surface area (Å²) < 4.78 is 5.52. The molecule has 1 aromatic carbocycles. The van der Waals surface area contributed by atoms with Crippen molar-refractivity contribution in [3.8, 4) is 5.75 Å². The summed E-state index contributed by atoms with van der Waals surface area (Å²) in [6, 6.07) is 10.1. The van der Waals surface area contributed by atoms with Gasteiger partial charge < -0.3 is 4.74 Å². The molecule has 1 unspecified atom stereocenters. The first-order valence-corrected chi connectivity index (χ1v) is 6.42. The number of aryl methyl sites for hydroxylation is 1. The van der Waals surface area contributed by atoms with Crippen LogP contribution >= 0.6 is 0 Å². The Labute approximate surface area is 112 Å². The van der Waals surface area contributed by atoms with Crippen molar-refractivity contribution < 1.29 is 4.74 Å². The fourth-order valence-electron chi connectivity index (χ4n) is 2.46. The summed E-state index contributed by atoms with van der Waals surface area (Å²) >= 11 is 0. The number of pyridine rings is 1. The van der Waals surface area contributed by atoms with Crippen molar-refractivity contribution in [2.24, 2.45) is 5.84 Å². The number of benzene rings is 1. The van der Waals surface area contributed by atoms with E-state index in [9.17, 15) is 0 Å². The molecule has 3 N–H and O–H groups in total. The molecule has 0 saturated carbocycles. The van der Waals surface area contributed by atoms with Crippen LogP contribution in [0.3, 0.4) is 0 Å². The van der Waals surface area contributed by atoms with Crippen LogP contribution in [0.2, 0.25) is 0 Å². The van der Waals surface area contributed by atoms with E-state index in [4.69, 9.17) is 10.6 Å². The van der Waals surface area contributed by atoms with Crippen LogP contribution < -0.4 is 16.0 Å². The molecule has 3 rings (SSSR count). The molecule has 98 valence electrons. The van der Waals surface area contributed by atoms with E-state index < -0.39 is 0 Å². The molecule has 0 aliphatic carbocycles. The molecule has 0 saturated heterocycles. The van der Waals surface area contributed by atoms with Gasteiger partial charge in [0, 0.05) is 12.6 Å². The molecule has 1 atom stereocenters. The Morgan fingerprint density at radius 1 is 1.32 bits per heavy atom. The van der Waals surface area contributed by atoms with Gasteiger partial charge in [-0.2, -0.15) is 0 Å². The minimum Gasteiger partial charge on any atom is -0.493 e. The average molecular weight is 255 g/mol. The monoisotopic (exact) mass is 255 g/mol. The normalized spacial score (nSPS) is 14.8. The van der Waals surface area contributed by atoms with Gasteiger partial charge in [0.25, 0.3) is 0 Å². The quantitative estimate of drug-likeness (QED) is 0.649. The highest BCUT2D eigenvalue weighted by atomic mass is 16.5. The molecule has 2 heterocycles. The second-order valence-corrected chi connectivity index (χ2v) is 4.82. The molecule has 2 aromatic rings. The van der Waals surface area contributed by atoms with E-state index in [2.05, 4.69) is 23.4 Å². The Bertz CT molecular complexity index is 598. The Balaban J connectivity index is 1.98. The molecule has 4 heteroatoms. The summed E-state index contributed by atoms with van der Waals surface area (Å²) in [5, 5.41) is 0. The summed E-state index contributed by atoms with van der Waals surface area (Å²) in [7, 11) is 0. The summed E-state index contributed by atoms with van der Waals surface area (Å²) in [4.78, 5) is 4.41. The molecule has 0 amide bonds. The van der Waals surface area contributed by atoms with Crippen molar-refractivity contribution in [2.75, 3.05) is 6.61 Å². The van der Waals surface area contributed by atoms with Crippen LogP contribution in [0.4, 0.5) is 0 Å². The van der Waals surface area contributed by atoms with Gasteiger partial charge in [-0.25, -0.2) is 5.43 Å². The summed E-state index contributed by atoms with van der Waals surface area (Å²) in [5.41, 5.74) is 7.31. The number of rotatable bonds is 3. The summed E-state index contributed by atoms with van der Waals surface area (Å²) in [6.45, 7) is 2.82. The van der Waals surface area contributed by atoms with E-state index in [0.29, 0.717) is 0 Å². The fourth-order valence-corrected chi connectivity index (χ4v) is 2.46. The topological polar surface area (TPSA) is 60.2 Å². The SMILES string of the molecule is Cc1ccnc(C(NN)c2ccc3c(c2)CCO3)c1. The van der Waals surface area contributed by atoms with Gasteiger partial charge in [0.2, 0.25) is 0 Å². The third-order valence-electron chi connectivity index (χ3n) is 3.45. The maximum atomic E-state index is 5.71. The van der Waals surface area contributed by atoms with Crippen molar-refractivity contribution >= 4 is 0 Å². The number of nitrogens with one attached hydrogen (secondary N) is 1. The lowest BCUT2D eigenvalue weighted by molar-refractivity contribution is 0.357. The van der Waals surface area contributed by atoms with Gasteiger partial charge in [-0.1, -0.05) is 6.07 Å². The number of nitrogens with two attached hydrogens (primary N) is 1. The lowest BCUT2D eigenvalue weighted by Gasteiger charge is -2.17. The molecule has 0 spiro atoms. The number of fused-ring (bicyclic) bond motifs is 1. The third-order valence-corrected chi connectivity index (χ3v) is 3.45. The zero-order valence-corrected chi connectivity index (χ0v) is 10.9. The first-order chi connectivity index (χ1) is 9.28. The van der Waals surface area contributed by atoms with Gasteiger partial charge in [0.05, 0.1) is 18.3 Å². The number of hydrogen-bond acceptors (Lipinski definition) is 4. The van der Waals surface area contributed by atoms with E-state index in [1.807, 2.05) is 30.5 Å². The van der Waals surface area contributed by atoms with Gasteiger partial charge >= 0.3 is 0 Å². The largest absolute Gasteiger partial charge is 0.493 e. The number of aromatic nitrogens is 1. The van der Waals surface area contributed by atoms with E-state index in [1.54, 1.807) is 0 Å². The zero-order chi connectivity index (χ0) is 13.2. The van der Waals surface area contributed by atoms with E-state index in [1.165, 1.54) is 11.1 Å². The van der Waals surface area contributed by atoms with Crippen LogP contribution in [0.15, 0.2) is 36.5 Å². The second-order valence-electron chi connectivity index (χ2n) is 4.82. The molecular weight excluding hydrogens is 238 g/mol. The molecule has 1 aromatic heterocycles. The minimum absolute atomic E-state index is 0.0919. The number of hydrogen-bond donors (Lipinski definition) is 2. The Hall–Kier alpha value is -1.91. The van der Waals surface area contributed by atoms with Gasteiger partial charge in [-0.3, -0.25) is 10.8 Å². The molecule has 1 aliphatic heterocycles.